The van der Waals surface area contributed by atoms with E-state index in [0.29, 0.717) is 19.5 Å². The number of hydrogen-bond acceptors (Lipinski definition) is 3. The smallest absolute Gasteiger partial charge is 0.232 e. The van der Waals surface area contributed by atoms with E-state index < -0.39 is 0 Å². The van der Waals surface area contributed by atoms with Crippen LogP contribution in [0.4, 0.5) is 0 Å². The molecule has 1 aliphatic heterocycles. The number of rotatable bonds is 3. The number of ketones is 1. The summed E-state index contributed by atoms with van der Waals surface area (Å²) in [6.07, 6.45) is 0.243. The van der Waals surface area contributed by atoms with Crippen molar-refractivity contribution >= 4 is 17.6 Å². The molecule has 1 heterocycles. The number of hydrogen-bond donors (Lipinski definition) is 1. The van der Waals surface area contributed by atoms with Gasteiger partial charge in [-0.15, -0.1) is 0 Å². The van der Waals surface area contributed by atoms with Crippen molar-refractivity contribution in [1.82, 2.24) is 10.2 Å². The van der Waals surface area contributed by atoms with Gasteiger partial charge in [-0.2, -0.15) is 0 Å². The van der Waals surface area contributed by atoms with E-state index >= 15 is 0 Å². The lowest BCUT2D eigenvalue weighted by Crippen LogP contribution is -2.41. The molecule has 0 aromatic rings. The molecule has 1 N–H and O–H groups in total. The quantitative estimate of drug-likeness (QED) is 0.653. The van der Waals surface area contributed by atoms with E-state index in [-0.39, 0.29) is 30.1 Å². The van der Waals surface area contributed by atoms with Crippen molar-refractivity contribution < 1.29 is 14.4 Å². The topological polar surface area (TPSA) is 66.5 Å². The van der Waals surface area contributed by atoms with Gasteiger partial charge < -0.3 is 10.2 Å². The van der Waals surface area contributed by atoms with E-state index in [4.69, 9.17) is 0 Å². The molecule has 84 valence electrons. The molecule has 5 nitrogen and oxygen atoms in total. The first-order valence-corrected chi connectivity index (χ1v) is 5.06. The maximum Gasteiger partial charge on any atom is 0.232 e. The van der Waals surface area contributed by atoms with Crippen LogP contribution in [0.3, 0.4) is 0 Å². The second-order valence-corrected chi connectivity index (χ2v) is 3.87. The van der Waals surface area contributed by atoms with E-state index in [0.717, 1.165) is 0 Å². The number of amides is 2. The molecule has 0 aromatic heterocycles. The lowest BCUT2D eigenvalue weighted by molar-refractivity contribution is -0.135. The van der Waals surface area contributed by atoms with Gasteiger partial charge in [0.2, 0.25) is 11.8 Å². The summed E-state index contributed by atoms with van der Waals surface area (Å²) in [5.41, 5.74) is 0. The van der Waals surface area contributed by atoms with Gasteiger partial charge in [0.05, 0.1) is 0 Å². The molecule has 1 atom stereocenters. The predicted octanol–water partition coefficient (Wildman–Crippen LogP) is -0.297. The van der Waals surface area contributed by atoms with Crippen LogP contribution in [-0.2, 0) is 14.4 Å². The molecular weight excluding hydrogens is 196 g/mol. The maximum absolute atomic E-state index is 11.6. The molecule has 0 aliphatic carbocycles. The zero-order valence-corrected chi connectivity index (χ0v) is 9.08. The Morgan fingerprint density at radius 3 is 2.80 bits per heavy atom. The Bertz CT molecular complexity index is 288. The van der Waals surface area contributed by atoms with Crippen molar-refractivity contribution in [1.29, 1.82) is 0 Å². The molecule has 0 radical (unpaired) electrons. The first-order chi connectivity index (χ1) is 7.00. The van der Waals surface area contributed by atoms with Gasteiger partial charge in [0.1, 0.15) is 12.2 Å². The van der Waals surface area contributed by atoms with E-state index in [2.05, 4.69) is 5.32 Å². The van der Waals surface area contributed by atoms with Crippen molar-refractivity contribution in [3.8, 4) is 0 Å². The SMILES string of the molecule is CC(=O)CCN1C(=O)CC(=O)NCC1C. The van der Waals surface area contributed by atoms with Gasteiger partial charge in [-0.1, -0.05) is 0 Å². The highest BCUT2D eigenvalue weighted by Crippen LogP contribution is 2.07. The Labute approximate surface area is 88.8 Å². The minimum atomic E-state index is -0.239. The molecule has 0 spiro atoms. The average Bonchev–Trinajstić information content (AvgIpc) is 2.24. The molecule has 2 amide bonds. The second kappa shape index (κ2) is 4.91. The van der Waals surface area contributed by atoms with Crippen LogP contribution in [0.15, 0.2) is 0 Å². The maximum atomic E-state index is 11.6. The molecule has 0 bridgehead atoms. The lowest BCUT2D eigenvalue weighted by atomic mass is 10.2. The summed E-state index contributed by atoms with van der Waals surface area (Å²) in [6.45, 7) is 4.23. The molecular formula is C10H16N2O3. The highest BCUT2D eigenvalue weighted by Gasteiger charge is 2.26. The third kappa shape index (κ3) is 3.34. The number of Topliss-reactive ketones (excluding diaryl/α,β-unsaturated/α-hetero) is 1. The van der Waals surface area contributed by atoms with E-state index in [1.807, 2.05) is 6.92 Å². The summed E-state index contributed by atoms with van der Waals surface area (Å²) in [5.74, 6) is -0.380. The van der Waals surface area contributed by atoms with Crippen LogP contribution in [0.25, 0.3) is 0 Å². The predicted molar refractivity (Wildman–Crippen MR) is 54.1 cm³/mol. The minimum Gasteiger partial charge on any atom is -0.354 e. The van der Waals surface area contributed by atoms with Crippen molar-refractivity contribution in [3.63, 3.8) is 0 Å². The van der Waals surface area contributed by atoms with Crippen LogP contribution in [0.2, 0.25) is 0 Å². The number of carbonyl (C=O) groups excluding carboxylic acids is 3. The van der Waals surface area contributed by atoms with Gasteiger partial charge >= 0.3 is 0 Å². The largest absolute Gasteiger partial charge is 0.354 e. The fourth-order valence-corrected chi connectivity index (χ4v) is 1.54. The Hall–Kier alpha value is -1.39. The second-order valence-electron chi connectivity index (χ2n) is 3.87. The summed E-state index contributed by atoms with van der Waals surface area (Å²) in [7, 11) is 0. The van der Waals surface area contributed by atoms with Gasteiger partial charge in [-0.25, -0.2) is 0 Å². The van der Waals surface area contributed by atoms with Crippen LogP contribution in [0, 0.1) is 0 Å². The Balaban J connectivity index is 2.62. The van der Waals surface area contributed by atoms with E-state index in [1.54, 1.807) is 4.90 Å². The summed E-state index contributed by atoms with van der Waals surface area (Å²) in [5, 5.41) is 2.66. The Morgan fingerprint density at radius 2 is 2.20 bits per heavy atom. The van der Waals surface area contributed by atoms with Crippen LogP contribution >= 0.6 is 0 Å². The highest BCUT2D eigenvalue weighted by molar-refractivity contribution is 5.97. The van der Waals surface area contributed by atoms with Crippen molar-refractivity contribution in [2.24, 2.45) is 0 Å². The summed E-state index contributed by atoms with van der Waals surface area (Å²) >= 11 is 0. The zero-order chi connectivity index (χ0) is 11.4. The molecule has 1 fully saturated rings. The summed E-state index contributed by atoms with van der Waals surface area (Å²) < 4.78 is 0. The number of nitrogens with zero attached hydrogens (tertiary/aromatic N) is 1. The lowest BCUT2D eigenvalue weighted by Gasteiger charge is -2.26. The van der Waals surface area contributed by atoms with Crippen molar-refractivity contribution in [2.75, 3.05) is 13.1 Å². The molecule has 1 aliphatic rings. The first kappa shape index (κ1) is 11.7. The minimum absolute atomic E-state index is 0.0386. The summed E-state index contributed by atoms with van der Waals surface area (Å²) in [4.78, 5) is 35.1. The Morgan fingerprint density at radius 1 is 1.53 bits per heavy atom. The zero-order valence-electron chi connectivity index (χ0n) is 9.08. The van der Waals surface area contributed by atoms with Crippen molar-refractivity contribution in [2.45, 2.75) is 32.7 Å². The molecule has 0 saturated carbocycles. The fraction of sp³-hybridized carbons (Fsp3) is 0.700. The third-order valence-electron chi connectivity index (χ3n) is 2.46. The standard InChI is InChI=1S/C10H16N2O3/c1-7-6-11-9(14)5-10(15)12(7)4-3-8(2)13/h7H,3-6H2,1-2H3,(H,11,14). The first-order valence-electron chi connectivity index (χ1n) is 5.06. The number of carbonyl (C=O) groups is 3. The van der Waals surface area contributed by atoms with Crippen LogP contribution in [-0.4, -0.2) is 41.6 Å². The van der Waals surface area contributed by atoms with Crippen molar-refractivity contribution in [3.05, 3.63) is 0 Å². The molecule has 15 heavy (non-hydrogen) atoms. The monoisotopic (exact) mass is 212 g/mol. The normalized spacial score (nSPS) is 22.3. The molecule has 0 aromatic carbocycles. The Kier molecular flexibility index (Phi) is 3.82. The number of nitrogens with one attached hydrogen (secondary N) is 1. The molecule has 1 unspecified atom stereocenters. The van der Waals surface area contributed by atoms with Crippen LogP contribution < -0.4 is 5.32 Å². The van der Waals surface area contributed by atoms with Crippen LogP contribution in [0.5, 0.6) is 0 Å². The van der Waals surface area contributed by atoms with Gasteiger partial charge in [0.15, 0.2) is 0 Å². The average molecular weight is 212 g/mol. The molecule has 1 saturated heterocycles. The third-order valence-corrected chi connectivity index (χ3v) is 2.46. The summed E-state index contributed by atoms with van der Waals surface area (Å²) in [6, 6.07) is -0.0386. The van der Waals surface area contributed by atoms with Gasteiger partial charge in [0, 0.05) is 25.6 Å². The molecule has 5 heteroatoms. The van der Waals surface area contributed by atoms with Crippen LogP contribution in [0.1, 0.15) is 26.7 Å². The van der Waals surface area contributed by atoms with Gasteiger partial charge in [0.25, 0.3) is 0 Å². The molecule has 1 rings (SSSR count). The van der Waals surface area contributed by atoms with Gasteiger partial charge in [-0.05, 0) is 13.8 Å². The van der Waals surface area contributed by atoms with E-state index in [9.17, 15) is 14.4 Å². The fourth-order valence-electron chi connectivity index (χ4n) is 1.54. The van der Waals surface area contributed by atoms with Gasteiger partial charge in [-0.3, -0.25) is 14.4 Å². The van der Waals surface area contributed by atoms with E-state index in [1.165, 1.54) is 6.92 Å². The highest BCUT2D eigenvalue weighted by atomic mass is 16.2.